The van der Waals surface area contributed by atoms with Crippen molar-refractivity contribution in [2.45, 2.75) is 27.3 Å². The fourth-order valence-electron chi connectivity index (χ4n) is 2.78. The Morgan fingerprint density at radius 1 is 1.12 bits per heavy atom. The van der Waals surface area contributed by atoms with Crippen molar-refractivity contribution in [3.63, 3.8) is 0 Å². The van der Waals surface area contributed by atoms with Crippen molar-refractivity contribution in [3.8, 4) is 0 Å². The summed E-state index contributed by atoms with van der Waals surface area (Å²) >= 11 is 0. The number of amides is 1. The molecule has 1 heterocycles. The number of hydrazone groups is 1. The fraction of sp³-hybridized carbons (Fsp3) is 0.190. The van der Waals surface area contributed by atoms with Gasteiger partial charge in [-0.2, -0.15) is 10.2 Å². The van der Waals surface area contributed by atoms with Crippen molar-refractivity contribution < 1.29 is 4.79 Å². The second-order valence-corrected chi connectivity index (χ2v) is 6.34. The monoisotopic (exact) mass is 346 g/mol. The largest absolute Gasteiger partial charge is 0.271 e. The molecule has 26 heavy (non-hydrogen) atoms. The van der Waals surface area contributed by atoms with E-state index in [1.165, 1.54) is 0 Å². The highest BCUT2D eigenvalue weighted by molar-refractivity contribution is 5.95. The molecule has 5 nitrogen and oxygen atoms in total. The minimum atomic E-state index is -0.231. The van der Waals surface area contributed by atoms with Gasteiger partial charge in [-0.05, 0) is 55.7 Å². The van der Waals surface area contributed by atoms with E-state index in [2.05, 4.69) is 15.6 Å². The maximum atomic E-state index is 12.3. The molecule has 0 bridgehead atoms. The van der Waals surface area contributed by atoms with E-state index in [0.29, 0.717) is 12.1 Å². The molecule has 0 radical (unpaired) electrons. The van der Waals surface area contributed by atoms with E-state index < -0.39 is 0 Å². The predicted molar refractivity (Wildman–Crippen MR) is 103 cm³/mol. The first-order chi connectivity index (χ1) is 12.5. The van der Waals surface area contributed by atoms with Crippen molar-refractivity contribution in [1.29, 1.82) is 0 Å². The molecule has 132 valence electrons. The third-order valence-corrected chi connectivity index (χ3v) is 4.18. The van der Waals surface area contributed by atoms with Gasteiger partial charge in [-0.1, -0.05) is 36.4 Å². The third-order valence-electron chi connectivity index (χ3n) is 4.18. The summed E-state index contributed by atoms with van der Waals surface area (Å²) in [6.07, 6.45) is 1.66. The van der Waals surface area contributed by atoms with Crippen LogP contribution in [0.5, 0.6) is 0 Å². The van der Waals surface area contributed by atoms with Crippen molar-refractivity contribution in [2.75, 3.05) is 0 Å². The van der Waals surface area contributed by atoms with E-state index in [9.17, 15) is 4.79 Å². The summed E-state index contributed by atoms with van der Waals surface area (Å²) in [6, 6.07) is 17.4. The normalized spacial score (nSPS) is 11.0. The first kappa shape index (κ1) is 17.6. The molecular formula is C21H22N4O. The number of rotatable bonds is 5. The molecule has 0 saturated carbocycles. The van der Waals surface area contributed by atoms with Crippen LogP contribution in [0.3, 0.4) is 0 Å². The Kier molecular flexibility index (Phi) is 5.27. The highest BCUT2D eigenvalue weighted by Crippen LogP contribution is 2.10. The first-order valence-electron chi connectivity index (χ1n) is 8.52. The van der Waals surface area contributed by atoms with E-state index in [1.807, 2.05) is 74.0 Å². The Morgan fingerprint density at radius 3 is 2.65 bits per heavy atom. The first-order valence-corrected chi connectivity index (χ1v) is 8.52. The Morgan fingerprint density at radius 2 is 1.92 bits per heavy atom. The van der Waals surface area contributed by atoms with Gasteiger partial charge in [-0.25, -0.2) is 5.43 Å². The van der Waals surface area contributed by atoms with Crippen molar-refractivity contribution in [3.05, 3.63) is 88.2 Å². The number of carbonyl (C=O) groups is 1. The number of nitrogens with one attached hydrogen (secondary N) is 1. The topological polar surface area (TPSA) is 59.3 Å². The van der Waals surface area contributed by atoms with Crippen LogP contribution in [-0.2, 0) is 6.54 Å². The lowest BCUT2D eigenvalue weighted by molar-refractivity contribution is 0.0955. The molecule has 3 aromatic rings. The summed E-state index contributed by atoms with van der Waals surface area (Å²) in [5, 5.41) is 8.53. The number of nitrogens with zero attached hydrogens (tertiary/aromatic N) is 3. The molecule has 0 fully saturated rings. The summed E-state index contributed by atoms with van der Waals surface area (Å²) in [4.78, 5) is 12.3. The number of aryl methyl sites for hydroxylation is 3. The number of benzene rings is 2. The molecular weight excluding hydrogens is 324 g/mol. The van der Waals surface area contributed by atoms with Gasteiger partial charge in [0.05, 0.1) is 18.5 Å². The van der Waals surface area contributed by atoms with E-state index >= 15 is 0 Å². The molecule has 0 spiro atoms. The zero-order chi connectivity index (χ0) is 18.5. The van der Waals surface area contributed by atoms with Crippen molar-refractivity contribution >= 4 is 12.1 Å². The highest BCUT2D eigenvalue weighted by atomic mass is 16.2. The van der Waals surface area contributed by atoms with Gasteiger partial charge in [0.2, 0.25) is 0 Å². The minimum Gasteiger partial charge on any atom is -0.267 e. The average molecular weight is 346 g/mol. The molecule has 0 saturated heterocycles. The lowest BCUT2D eigenvalue weighted by atomic mass is 10.1. The van der Waals surface area contributed by atoms with Crippen molar-refractivity contribution in [2.24, 2.45) is 5.10 Å². The Balaban J connectivity index is 1.68. The lowest BCUT2D eigenvalue weighted by Crippen LogP contribution is -2.18. The van der Waals surface area contributed by atoms with Gasteiger partial charge in [-0.3, -0.25) is 9.48 Å². The molecule has 0 atom stereocenters. The number of hydrogen-bond donors (Lipinski definition) is 1. The SMILES string of the molecule is Cc1cc(C)n(Cc2cccc(C(=O)NN=Cc3ccccc3C)c2)n1. The summed E-state index contributed by atoms with van der Waals surface area (Å²) in [6.45, 7) is 6.63. The van der Waals surface area contributed by atoms with Crippen LogP contribution in [0.15, 0.2) is 59.7 Å². The summed E-state index contributed by atoms with van der Waals surface area (Å²) in [5.41, 5.74) is 8.36. The van der Waals surface area contributed by atoms with Crippen LogP contribution in [0.2, 0.25) is 0 Å². The van der Waals surface area contributed by atoms with E-state index in [1.54, 1.807) is 12.3 Å². The van der Waals surface area contributed by atoms with Gasteiger partial charge in [-0.15, -0.1) is 0 Å². The maximum Gasteiger partial charge on any atom is 0.271 e. The standard InChI is InChI=1S/C21H22N4O/c1-15-7-4-5-9-20(15)13-22-23-21(26)19-10-6-8-18(12-19)14-25-17(3)11-16(2)24-25/h4-13H,14H2,1-3H3,(H,23,26). The molecule has 1 N–H and O–H groups in total. The van der Waals surface area contributed by atoms with E-state index in [-0.39, 0.29) is 5.91 Å². The van der Waals surface area contributed by atoms with Crippen LogP contribution in [0.1, 0.15) is 38.4 Å². The van der Waals surface area contributed by atoms with E-state index in [4.69, 9.17) is 0 Å². The molecule has 0 unspecified atom stereocenters. The summed E-state index contributed by atoms with van der Waals surface area (Å²) < 4.78 is 1.93. The van der Waals surface area contributed by atoms with E-state index in [0.717, 1.165) is 28.1 Å². The maximum absolute atomic E-state index is 12.3. The second-order valence-electron chi connectivity index (χ2n) is 6.34. The Labute approximate surface area is 153 Å². The molecule has 2 aromatic carbocycles. The van der Waals surface area contributed by atoms with Gasteiger partial charge in [0, 0.05) is 11.3 Å². The summed E-state index contributed by atoms with van der Waals surface area (Å²) in [7, 11) is 0. The number of carbonyl (C=O) groups excluding carboxylic acids is 1. The molecule has 0 aliphatic carbocycles. The van der Waals surface area contributed by atoms with Crippen molar-refractivity contribution in [1.82, 2.24) is 15.2 Å². The Bertz CT molecular complexity index is 956. The molecule has 1 amide bonds. The molecule has 0 aliphatic rings. The molecule has 5 heteroatoms. The van der Waals surface area contributed by atoms with Crippen LogP contribution in [-0.4, -0.2) is 21.9 Å². The second kappa shape index (κ2) is 7.78. The molecule has 1 aromatic heterocycles. The molecule has 3 rings (SSSR count). The Hall–Kier alpha value is -3.21. The fourth-order valence-corrected chi connectivity index (χ4v) is 2.78. The number of aromatic nitrogens is 2. The van der Waals surface area contributed by atoms with Crippen LogP contribution >= 0.6 is 0 Å². The van der Waals surface area contributed by atoms with Gasteiger partial charge >= 0.3 is 0 Å². The third kappa shape index (κ3) is 4.25. The minimum absolute atomic E-state index is 0.231. The lowest BCUT2D eigenvalue weighted by Gasteiger charge is -2.07. The van der Waals surface area contributed by atoms with Gasteiger partial charge in [0.25, 0.3) is 5.91 Å². The van der Waals surface area contributed by atoms with Crippen LogP contribution in [0, 0.1) is 20.8 Å². The van der Waals surface area contributed by atoms with Gasteiger partial charge in [0.1, 0.15) is 0 Å². The average Bonchev–Trinajstić information content (AvgIpc) is 2.94. The van der Waals surface area contributed by atoms with Gasteiger partial charge in [0.15, 0.2) is 0 Å². The number of hydrogen-bond acceptors (Lipinski definition) is 3. The van der Waals surface area contributed by atoms with Gasteiger partial charge < -0.3 is 0 Å². The van der Waals surface area contributed by atoms with Crippen LogP contribution in [0.4, 0.5) is 0 Å². The smallest absolute Gasteiger partial charge is 0.267 e. The zero-order valence-electron chi connectivity index (χ0n) is 15.2. The predicted octanol–water partition coefficient (Wildman–Crippen LogP) is 3.62. The highest BCUT2D eigenvalue weighted by Gasteiger charge is 2.07. The summed E-state index contributed by atoms with van der Waals surface area (Å²) in [5.74, 6) is -0.231. The molecule has 0 aliphatic heterocycles. The van der Waals surface area contributed by atoms with Crippen LogP contribution in [0.25, 0.3) is 0 Å². The quantitative estimate of drug-likeness (QED) is 0.566. The van der Waals surface area contributed by atoms with Crippen LogP contribution < -0.4 is 5.43 Å². The zero-order valence-corrected chi connectivity index (χ0v) is 15.2.